The number of aromatic carboxylic acids is 1. The summed E-state index contributed by atoms with van der Waals surface area (Å²) in [6, 6.07) is 10.4. The van der Waals surface area contributed by atoms with Crippen molar-refractivity contribution in [2.75, 3.05) is 0 Å². The first-order chi connectivity index (χ1) is 10.5. The van der Waals surface area contributed by atoms with Gasteiger partial charge in [-0.2, -0.15) is 0 Å². The van der Waals surface area contributed by atoms with Gasteiger partial charge >= 0.3 is 5.97 Å². The average Bonchev–Trinajstić information content (AvgIpc) is 3.20. The van der Waals surface area contributed by atoms with Crippen molar-refractivity contribution in [3.8, 4) is 0 Å². The van der Waals surface area contributed by atoms with E-state index in [9.17, 15) is 13.2 Å². The maximum atomic E-state index is 12.5. The summed E-state index contributed by atoms with van der Waals surface area (Å²) >= 11 is 0.913. The van der Waals surface area contributed by atoms with Crippen LogP contribution in [0.15, 0.2) is 46.7 Å². The predicted octanol–water partition coefficient (Wildman–Crippen LogP) is 2.88. The van der Waals surface area contributed by atoms with Crippen LogP contribution in [0, 0.1) is 5.92 Å². The Morgan fingerprint density at radius 3 is 2.50 bits per heavy atom. The van der Waals surface area contributed by atoms with Crippen LogP contribution in [0.4, 0.5) is 0 Å². The SMILES string of the molecule is O=C(O)c1cc(S(=O)(=O)NC(c2ccccc2)C2CC2)cs1. The molecule has 1 aliphatic rings. The fourth-order valence-corrected chi connectivity index (χ4v) is 4.74. The third kappa shape index (κ3) is 3.21. The summed E-state index contributed by atoms with van der Waals surface area (Å²) in [5, 5.41) is 10.3. The molecule has 1 aliphatic carbocycles. The summed E-state index contributed by atoms with van der Waals surface area (Å²) in [5.74, 6) is -0.817. The smallest absolute Gasteiger partial charge is 0.345 e. The molecule has 116 valence electrons. The van der Waals surface area contributed by atoms with Crippen LogP contribution in [0.5, 0.6) is 0 Å². The zero-order valence-corrected chi connectivity index (χ0v) is 13.2. The minimum atomic E-state index is -3.73. The summed E-state index contributed by atoms with van der Waals surface area (Å²) < 4.78 is 27.7. The summed E-state index contributed by atoms with van der Waals surface area (Å²) in [6.45, 7) is 0. The van der Waals surface area contributed by atoms with E-state index in [0.717, 1.165) is 29.7 Å². The molecule has 1 atom stereocenters. The maximum Gasteiger partial charge on any atom is 0.345 e. The molecule has 1 unspecified atom stereocenters. The topological polar surface area (TPSA) is 83.5 Å². The van der Waals surface area contributed by atoms with Crippen molar-refractivity contribution >= 4 is 27.3 Å². The van der Waals surface area contributed by atoms with Gasteiger partial charge in [-0.25, -0.2) is 17.9 Å². The van der Waals surface area contributed by atoms with Gasteiger partial charge in [0.25, 0.3) is 0 Å². The highest BCUT2D eigenvalue weighted by Crippen LogP contribution is 2.41. The Morgan fingerprint density at radius 1 is 1.27 bits per heavy atom. The van der Waals surface area contributed by atoms with Crippen molar-refractivity contribution in [2.45, 2.75) is 23.8 Å². The van der Waals surface area contributed by atoms with Crippen LogP contribution in [-0.2, 0) is 10.0 Å². The normalized spacial score (nSPS) is 16.4. The van der Waals surface area contributed by atoms with E-state index in [1.807, 2.05) is 30.3 Å². The second-order valence-electron chi connectivity index (χ2n) is 5.30. The minimum Gasteiger partial charge on any atom is -0.477 e. The number of carboxylic acid groups (broad SMARTS) is 1. The molecule has 1 fully saturated rings. The molecule has 5 nitrogen and oxygen atoms in total. The van der Waals surface area contributed by atoms with Gasteiger partial charge in [-0.05, 0) is 30.4 Å². The number of rotatable bonds is 6. The third-order valence-electron chi connectivity index (χ3n) is 3.63. The van der Waals surface area contributed by atoms with E-state index in [1.165, 1.54) is 11.4 Å². The number of nitrogens with one attached hydrogen (secondary N) is 1. The molecule has 7 heteroatoms. The Labute approximate surface area is 132 Å². The van der Waals surface area contributed by atoms with Crippen molar-refractivity contribution in [1.29, 1.82) is 0 Å². The molecule has 1 aromatic heterocycles. The molecule has 2 N–H and O–H groups in total. The number of carbonyl (C=O) groups is 1. The van der Waals surface area contributed by atoms with Crippen LogP contribution in [0.2, 0.25) is 0 Å². The van der Waals surface area contributed by atoms with Crippen LogP contribution in [0.3, 0.4) is 0 Å². The van der Waals surface area contributed by atoms with Crippen molar-refractivity contribution in [3.63, 3.8) is 0 Å². The van der Waals surface area contributed by atoms with E-state index in [-0.39, 0.29) is 15.8 Å². The zero-order valence-electron chi connectivity index (χ0n) is 11.6. The van der Waals surface area contributed by atoms with Crippen LogP contribution in [-0.4, -0.2) is 19.5 Å². The van der Waals surface area contributed by atoms with Crippen molar-refractivity contribution in [2.24, 2.45) is 5.92 Å². The lowest BCUT2D eigenvalue weighted by atomic mass is 10.0. The van der Waals surface area contributed by atoms with Crippen LogP contribution >= 0.6 is 11.3 Å². The van der Waals surface area contributed by atoms with Gasteiger partial charge in [0.1, 0.15) is 4.88 Å². The first kappa shape index (κ1) is 15.2. The van der Waals surface area contributed by atoms with Gasteiger partial charge in [0, 0.05) is 11.4 Å². The van der Waals surface area contributed by atoms with Gasteiger partial charge in [-0.3, -0.25) is 0 Å². The molecule has 1 saturated carbocycles. The van der Waals surface area contributed by atoms with Crippen molar-refractivity contribution in [3.05, 3.63) is 52.2 Å². The largest absolute Gasteiger partial charge is 0.477 e. The fraction of sp³-hybridized carbons (Fsp3) is 0.267. The van der Waals surface area contributed by atoms with Gasteiger partial charge in [0.15, 0.2) is 0 Å². The third-order valence-corrected chi connectivity index (χ3v) is 6.12. The standard InChI is InChI=1S/C15H15NO4S2/c17-15(18)13-8-12(9-21-13)22(19,20)16-14(11-6-7-11)10-4-2-1-3-5-10/h1-5,8-9,11,14,16H,6-7H2,(H,17,18). The lowest BCUT2D eigenvalue weighted by Crippen LogP contribution is -2.29. The molecule has 0 radical (unpaired) electrons. The summed E-state index contributed by atoms with van der Waals surface area (Å²) in [5.41, 5.74) is 0.933. The number of thiophene rings is 1. The molecule has 22 heavy (non-hydrogen) atoms. The molecule has 0 saturated heterocycles. The Hall–Kier alpha value is -1.70. The van der Waals surface area contributed by atoms with E-state index < -0.39 is 16.0 Å². The van der Waals surface area contributed by atoms with Crippen molar-refractivity contribution in [1.82, 2.24) is 4.72 Å². The van der Waals surface area contributed by atoms with E-state index in [0.29, 0.717) is 5.92 Å². The molecular weight excluding hydrogens is 322 g/mol. The summed E-state index contributed by atoms with van der Waals surface area (Å²) in [7, 11) is -3.73. The molecule has 2 aromatic rings. The van der Waals surface area contributed by atoms with Crippen molar-refractivity contribution < 1.29 is 18.3 Å². The maximum absolute atomic E-state index is 12.5. The van der Waals surface area contributed by atoms with Crippen LogP contribution < -0.4 is 4.72 Å². The Bertz CT molecular complexity index is 779. The number of sulfonamides is 1. The molecule has 3 rings (SSSR count). The van der Waals surface area contributed by atoms with Crippen LogP contribution in [0.1, 0.15) is 34.1 Å². The zero-order chi connectivity index (χ0) is 15.7. The second kappa shape index (κ2) is 5.83. The number of carboxylic acids is 1. The number of hydrogen-bond donors (Lipinski definition) is 2. The molecule has 0 aliphatic heterocycles. The number of hydrogen-bond acceptors (Lipinski definition) is 4. The second-order valence-corrected chi connectivity index (χ2v) is 7.92. The van der Waals surface area contributed by atoms with Gasteiger partial charge in [0.05, 0.1) is 4.90 Å². The lowest BCUT2D eigenvalue weighted by molar-refractivity contribution is 0.0702. The molecule has 0 spiro atoms. The predicted molar refractivity (Wildman–Crippen MR) is 83.5 cm³/mol. The Morgan fingerprint density at radius 2 is 1.95 bits per heavy atom. The Balaban J connectivity index is 1.86. The summed E-state index contributed by atoms with van der Waals surface area (Å²) in [6.07, 6.45) is 1.98. The minimum absolute atomic E-state index is 0.0106. The highest BCUT2D eigenvalue weighted by molar-refractivity contribution is 7.89. The molecule has 0 amide bonds. The van der Waals surface area contributed by atoms with E-state index in [2.05, 4.69) is 4.72 Å². The number of benzene rings is 1. The molecule has 1 heterocycles. The average molecular weight is 337 g/mol. The van der Waals surface area contributed by atoms with E-state index in [4.69, 9.17) is 5.11 Å². The van der Waals surface area contributed by atoms with Gasteiger partial charge in [-0.15, -0.1) is 11.3 Å². The highest BCUT2D eigenvalue weighted by Gasteiger charge is 2.35. The molecule has 1 aromatic carbocycles. The molecule has 0 bridgehead atoms. The lowest BCUT2D eigenvalue weighted by Gasteiger charge is -2.18. The first-order valence-electron chi connectivity index (χ1n) is 6.86. The van der Waals surface area contributed by atoms with Gasteiger partial charge in [-0.1, -0.05) is 30.3 Å². The van der Waals surface area contributed by atoms with E-state index >= 15 is 0 Å². The quantitative estimate of drug-likeness (QED) is 0.849. The first-order valence-corrected chi connectivity index (χ1v) is 9.23. The van der Waals surface area contributed by atoms with Gasteiger partial charge in [0.2, 0.25) is 10.0 Å². The van der Waals surface area contributed by atoms with Crippen LogP contribution in [0.25, 0.3) is 0 Å². The van der Waals surface area contributed by atoms with E-state index in [1.54, 1.807) is 0 Å². The summed E-state index contributed by atoms with van der Waals surface area (Å²) in [4.78, 5) is 10.9. The Kier molecular flexibility index (Phi) is 4.03. The highest BCUT2D eigenvalue weighted by atomic mass is 32.2. The van der Waals surface area contributed by atoms with Gasteiger partial charge < -0.3 is 5.11 Å². The molecular formula is C15H15NO4S2. The fourth-order valence-electron chi connectivity index (χ4n) is 2.33. The monoisotopic (exact) mass is 337 g/mol.